The molecule has 0 radical (unpaired) electrons. The zero-order chi connectivity index (χ0) is 18.6. The minimum Gasteiger partial charge on any atom is -0.506 e. The number of aromatic nitrogens is 1. The van der Waals surface area contributed by atoms with Gasteiger partial charge in [0, 0.05) is 25.0 Å². The number of hydrogen-bond acceptors (Lipinski definition) is 3. The summed E-state index contributed by atoms with van der Waals surface area (Å²) in [7, 11) is 0. The first-order valence-corrected chi connectivity index (χ1v) is 9.41. The van der Waals surface area contributed by atoms with E-state index in [1.165, 1.54) is 16.7 Å². The second-order valence-electron chi connectivity index (χ2n) is 7.17. The van der Waals surface area contributed by atoms with Crippen LogP contribution in [0.25, 0.3) is 17.0 Å². The van der Waals surface area contributed by atoms with Gasteiger partial charge in [-0.1, -0.05) is 60.2 Å². The number of benzene rings is 2. The van der Waals surface area contributed by atoms with Crippen molar-refractivity contribution >= 4 is 17.0 Å². The van der Waals surface area contributed by atoms with Crippen molar-refractivity contribution in [1.82, 2.24) is 9.88 Å². The lowest BCUT2D eigenvalue weighted by Gasteiger charge is -2.25. The maximum atomic E-state index is 9.97. The topological polar surface area (TPSA) is 36.4 Å². The fraction of sp³-hybridized carbons (Fsp3) is 0.208. The van der Waals surface area contributed by atoms with E-state index in [0.29, 0.717) is 5.52 Å². The van der Waals surface area contributed by atoms with E-state index in [-0.39, 0.29) is 5.75 Å². The molecule has 0 amide bonds. The zero-order valence-electron chi connectivity index (χ0n) is 15.6. The molecular weight excluding hydrogens is 332 g/mol. The number of rotatable bonds is 4. The summed E-state index contributed by atoms with van der Waals surface area (Å²) in [6.07, 6.45) is 7.53. The third-order valence-corrected chi connectivity index (χ3v) is 5.04. The summed E-state index contributed by atoms with van der Waals surface area (Å²) in [5, 5.41) is 10.9. The van der Waals surface area contributed by atoms with Gasteiger partial charge in [0.25, 0.3) is 0 Å². The average Bonchev–Trinajstić information content (AvgIpc) is 2.70. The lowest BCUT2D eigenvalue weighted by molar-refractivity contribution is 0.287. The van der Waals surface area contributed by atoms with Crippen LogP contribution < -0.4 is 0 Å². The molecular formula is C24H24N2O. The molecule has 27 heavy (non-hydrogen) atoms. The summed E-state index contributed by atoms with van der Waals surface area (Å²) in [6.45, 7) is 5.16. The fourth-order valence-corrected chi connectivity index (χ4v) is 3.41. The van der Waals surface area contributed by atoms with Gasteiger partial charge in [-0.15, -0.1) is 0 Å². The van der Waals surface area contributed by atoms with Crippen molar-refractivity contribution in [1.29, 1.82) is 0 Å². The van der Waals surface area contributed by atoms with E-state index < -0.39 is 0 Å². The van der Waals surface area contributed by atoms with E-state index in [1.54, 1.807) is 6.07 Å². The third kappa shape index (κ3) is 4.26. The molecule has 1 aromatic heterocycles. The van der Waals surface area contributed by atoms with E-state index in [1.807, 2.05) is 30.3 Å². The molecule has 3 nitrogen and oxygen atoms in total. The number of allylic oxidation sites excluding steroid dienone is 1. The third-order valence-electron chi connectivity index (χ3n) is 5.04. The van der Waals surface area contributed by atoms with Crippen molar-refractivity contribution in [2.75, 3.05) is 13.1 Å². The Morgan fingerprint density at radius 2 is 1.89 bits per heavy atom. The van der Waals surface area contributed by atoms with Crippen LogP contribution in [0.15, 0.2) is 72.3 Å². The molecule has 0 atom stereocenters. The minimum atomic E-state index is 0.228. The van der Waals surface area contributed by atoms with Crippen molar-refractivity contribution in [3.8, 4) is 5.75 Å². The van der Waals surface area contributed by atoms with Gasteiger partial charge in [0.05, 0.1) is 5.69 Å². The Bertz CT molecular complexity index is 1000. The predicted octanol–water partition coefficient (Wildman–Crippen LogP) is 5.09. The van der Waals surface area contributed by atoms with Crippen LogP contribution in [0, 0.1) is 6.92 Å². The van der Waals surface area contributed by atoms with E-state index in [9.17, 15) is 5.11 Å². The Balaban J connectivity index is 1.41. The van der Waals surface area contributed by atoms with Crippen LogP contribution in [0.5, 0.6) is 5.75 Å². The molecule has 0 unspecified atom stereocenters. The molecule has 2 heterocycles. The zero-order valence-corrected chi connectivity index (χ0v) is 15.6. The molecule has 1 N–H and O–H groups in total. The van der Waals surface area contributed by atoms with Gasteiger partial charge in [0.2, 0.25) is 0 Å². The highest BCUT2D eigenvalue weighted by Gasteiger charge is 2.10. The lowest BCUT2D eigenvalue weighted by atomic mass is 10.1. The molecule has 0 saturated carbocycles. The van der Waals surface area contributed by atoms with Crippen LogP contribution in [0.1, 0.15) is 23.2 Å². The molecule has 1 aliphatic heterocycles. The number of phenolic OH excluding ortho intramolecular Hbond substituents is 1. The van der Waals surface area contributed by atoms with E-state index in [2.05, 4.69) is 53.2 Å². The number of phenols is 1. The largest absolute Gasteiger partial charge is 0.506 e. The summed E-state index contributed by atoms with van der Waals surface area (Å²) < 4.78 is 0. The fourth-order valence-electron chi connectivity index (χ4n) is 3.41. The van der Waals surface area contributed by atoms with E-state index in [4.69, 9.17) is 0 Å². The van der Waals surface area contributed by atoms with E-state index in [0.717, 1.165) is 37.1 Å². The SMILES string of the molecule is Cc1ccc(CN2CC=C(C=Cc3ccc4cccc(O)c4n3)CC2)cc1. The summed E-state index contributed by atoms with van der Waals surface area (Å²) in [6, 6.07) is 18.3. The van der Waals surface area contributed by atoms with Crippen LogP contribution >= 0.6 is 0 Å². The second kappa shape index (κ2) is 7.77. The highest BCUT2D eigenvalue weighted by molar-refractivity contribution is 5.85. The molecule has 1 aliphatic rings. The van der Waals surface area contributed by atoms with Gasteiger partial charge in [-0.05, 0) is 42.7 Å². The minimum absolute atomic E-state index is 0.228. The van der Waals surface area contributed by atoms with Gasteiger partial charge in [0.1, 0.15) is 11.3 Å². The normalized spacial score (nSPS) is 15.4. The van der Waals surface area contributed by atoms with E-state index >= 15 is 0 Å². The number of aromatic hydroxyl groups is 1. The number of pyridine rings is 1. The van der Waals surface area contributed by atoms with Gasteiger partial charge >= 0.3 is 0 Å². The van der Waals surface area contributed by atoms with Crippen molar-refractivity contribution in [2.45, 2.75) is 19.9 Å². The molecule has 136 valence electrons. The Hall–Kier alpha value is -2.91. The standard InChI is InChI=1S/C24H24N2O/c1-18-5-7-20(8-6-18)17-26-15-13-19(14-16-26)9-11-22-12-10-21-3-2-4-23(27)24(21)25-22/h2-13,27H,14-17H2,1H3. The van der Waals surface area contributed by atoms with Crippen molar-refractivity contribution in [2.24, 2.45) is 0 Å². The van der Waals surface area contributed by atoms with Crippen LogP contribution in [-0.4, -0.2) is 28.1 Å². The van der Waals surface area contributed by atoms with Crippen molar-refractivity contribution < 1.29 is 5.11 Å². The Morgan fingerprint density at radius 1 is 1.04 bits per heavy atom. The quantitative estimate of drug-likeness (QED) is 0.707. The molecule has 0 spiro atoms. The summed E-state index contributed by atoms with van der Waals surface area (Å²) in [4.78, 5) is 7.03. The number of aryl methyl sites for hydroxylation is 1. The molecule has 0 aliphatic carbocycles. The number of nitrogens with zero attached hydrogens (tertiary/aromatic N) is 2. The monoisotopic (exact) mass is 356 g/mol. The van der Waals surface area contributed by atoms with Crippen LogP contribution in [0.3, 0.4) is 0 Å². The average molecular weight is 356 g/mol. The molecule has 3 heteroatoms. The summed E-state index contributed by atoms with van der Waals surface area (Å²) in [5.41, 5.74) is 5.54. The first-order chi connectivity index (χ1) is 13.2. The molecule has 3 aromatic rings. The maximum Gasteiger partial charge on any atom is 0.141 e. The van der Waals surface area contributed by atoms with Gasteiger partial charge in [0.15, 0.2) is 0 Å². The Labute approximate surface area is 160 Å². The molecule has 0 saturated heterocycles. The smallest absolute Gasteiger partial charge is 0.141 e. The van der Waals surface area contributed by atoms with Gasteiger partial charge in [-0.3, -0.25) is 4.90 Å². The highest BCUT2D eigenvalue weighted by atomic mass is 16.3. The van der Waals surface area contributed by atoms with Crippen molar-refractivity contribution in [3.63, 3.8) is 0 Å². The molecule has 2 aromatic carbocycles. The lowest BCUT2D eigenvalue weighted by Crippen LogP contribution is -2.28. The number of para-hydroxylation sites is 1. The summed E-state index contributed by atoms with van der Waals surface area (Å²) >= 11 is 0. The Morgan fingerprint density at radius 3 is 2.67 bits per heavy atom. The van der Waals surface area contributed by atoms with Gasteiger partial charge in [-0.2, -0.15) is 0 Å². The number of fused-ring (bicyclic) bond motifs is 1. The first-order valence-electron chi connectivity index (χ1n) is 9.41. The van der Waals surface area contributed by atoms with Crippen LogP contribution in [0.4, 0.5) is 0 Å². The summed E-state index contributed by atoms with van der Waals surface area (Å²) in [5.74, 6) is 0.228. The molecule has 0 bridgehead atoms. The maximum absolute atomic E-state index is 9.97. The Kier molecular flexibility index (Phi) is 5.03. The first kappa shape index (κ1) is 17.5. The predicted molar refractivity (Wildman–Crippen MR) is 112 cm³/mol. The molecule has 0 fully saturated rings. The molecule has 4 rings (SSSR count). The second-order valence-corrected chi connectivity index (χ2v) is 7.17. The van der Waals surface area contributed by atoms with Gasteiger partial charge < -0.3 is 5.11 Å². The highest BCUT2D eigenvalue weighted by Crippen LogP contribution is 2.23. The van der Waals surface area contributed by atoms with Crippen LogP contribution in [0.2, 0.25) is 0 Å². The van der Waals surface area contributed by atoms with Crippen LogP contribution in [-0.2, 0) is 6.54 Å². The van der Waals surface area contributed by atoms with Crippen molar-refractivity contribution in [3.05, 3.63) is 89.1 Å². The van der Waals surface area contributed by atoms with Gasteiger partial charge in [-0.25, -0.2) is 4.98 Å². The number of hydrogen-bond donors (Lipinski definition) is 1.